The minimum absolute atomic E-state index is 0.156. The Balaban J connectivity index is 2.94. The second-order valence-electron chi connectivity index (χ2n) is 4.15. The van der Waals surface area contributed by atoms with E-state index in [9.17, 15) is 17.6 Å². The van der Waals surface area contributed by atoms with E-state index in [1.807, 2.05) is 0 Å². The highest BCUT2D eigenvalue weighted by atomic mass is 19.4. The molecule has 1 atom stereocenters. The maximum atomic E-state index is 13.3. The molecule has 0 aromatic heterocycles. The van der Waals surface area contributed by atoms with E-state index in [1.165, 1.54) is 25.3 Å². The zero-order valence-electron chi connectivity index (χ0n) is 10.9. The predicted octanol–water partition coefficient (Wildman–Crippen LogP) is 3.83. The first-order chi connectivity index (χ1) is 8.87. The fraction of sp³-hybridized carbons (Fsp3) is 0.538. The van der Waals surface area contributed by atoms with Gasteiger partial charge in [-0.25, -0.2) is 4.39 Å². The predicted molar refractivity (Wildman–Crippen MR) is 64.7 cm³/mol. The number of benzene rings is 1. The Morgan fingerprint density at radius 2 is 2.00 bits per heavy atom. The Kier molecular flexibility index (Phi) is 5.60. The number of hydrogen-bond acceptors (Lipinski definition) is 2. The summed E-state index contributed by atoms with van der Waals surface area (Å²) >= 11 is 0. The van der Waals surface area contributed by atoms with E-state index < -0.39 is 24.5 Å². The van der Waals surface area contributed by atoms with Crippen LogP contribution in [0.25, 0.3) is 0 Å². The SMILES string of the molecule is CCNC(CCC(F)(F)F)c1cc(F)ccc1OC. The van der Waals surface area contributed by atoms with Gasteiger partial charge < -0.3 is 10.1 Å². The van der Waals surface area contributed by atoms with Crippen LogP contribution >= 0.6 is 0 Å². The molecule has 6 heteroatoms. The molecule has 0 amide bonds. The van der Waals surface area contributed by atoms with E-state index >= 15 is 0 Å². The van der Waals surface area contributed by atoms with E-state index in [0.717, 1.165) is 0 Å². The van der Waals surface area contributed by atoms with Crippen molar-refractivity contribution in [3.8, 4) is 5.75 Å². The smallest absolute Gasteiger partial charge is 0.389 e. The second kappa shape index (κ2) is 6.75. The molecule has 1 aromatic rings. The largest absolute Gasteiger partial charge is 0.496 e. The Hall–Kier alpha value is -1.30. The van der Waals surface area contributed by atoms with E-state index in [-0.39, 0.29) is 6.42 Å². The number of rotatable bonds is 6. The van der Waals surface area contributed by atoms with Crippen LogP contribution in [-0.2, 0) is 0 Å². The third-order valence-electron chi connectivity index (χ3n) is 2.73. The summed E-state index contributed by atoms with van der Waals surface area (Å²) in [7, 11) is 1.41. The molecule has 0 saturated carbocycles. The molecule has 19 heavy (non-hydrogen) atoms. The number of methoxy groups -OCH3 is 1. The molecule has 0 saturated heterocycles. The zero-order chi connectivity index (χ0) is 14.5. The van der Waals surface area contributed by atoms with Crippen molar-refractivity contribution in [3.63, 3.8) is 0 Å². The minimum Gasteiger partial charge on any atom is -0.496 e. The highest BCUT2D eigenvalue weighted by molar-refractivity contribution is 5.36. The van der Waals surface area contributed by atoms with Gasteiger partial charge >= 0.3 is 6.18 Å². The van der Waals surface area contributed by atoms with Crippen LogP contribution in [0.15, 0.2) is 18.2 Å². The topological polar surface area (TPSA) is 21.3 Å². The van der Waals surface area contributed by atoms with Crippen molar-refractivity contribution in [3.05, 3.63) is 29.6 Å². The van der Waals surface area contributed by atoms with Crippen molar-refractivity contribution >= 4 is 0 Å². The molecule has 2 nitrogen and oxygen atoms in total. The summed E-state index contributed by atoms with van der Waals surface area (Å²) in [5.74, 6) is -0.111. The summed E-state index contributed by atoms with van der Waals surface area (Å²) in [5, 5.41) is 2.93. The average Bonchev–Trinajstić information content (AvgIpc) is 2.33. The molecule has 0 heterocycles. The third-order valence-corrected chi connectivity index (χ3v) is 2.73. The highest BCUT2D eigenvalue weighted by Gasteiger charge is 2.29. The summed E-state index contributed by atoms with van der Waals surface area (Å²) in [6.07, 6.45) is -5.31. The molecule has 0 fully saturated rings. The van der Waals surface area contributed by atoms with Crippen molar-refractivity contribution < 1.29 is 22.3 Å². The number of halogens is 4. The van der Waals surface area contributed by atoms with Gasteiger partial charge in [0.2, 0.25) is 0 Å². The Morgan fingerprint density at radius 1 is 1.32 bits per heavy atom. The minimum atomic E-state index is -4.23. The molecule has 0 aliphatic heterocycles. The molecular formula is C13H17F4NO. The molecule has 0 aliphatic carbocycles. The van der Waals surface area contributed by atoms with Crippen molar-refractivity contribution in [2.24, 2.45) is 0 Å². The average molecular weight is 279 g/mol. The van der Waals surface area contributed by atoms with Crippen LogP contribution in [-0.4, -0.2) is 19.8 Å². The summed E-state index contributed by atoms with van der Waals surface area (Å²) in [6, 6.07) is 3.26. The lowest BCUT2D eigenvalue weighted by Gasteiger charge is -2.21. The summed E-state index contributed by atoms with van der Waals surface area (Å²) < 4.78 is 55.2. The van der Waals surface area contributed by atoms with Crippen LogP contribution in [0.2, 0.25) is 0 Å². The standard InChI is InChI=1S/C13H17F4NO/c1-3-18-11(6-7-13(15,16)17)10-8-9(14)4-5-12(10)19-2/h4-5,8,11,18H,3,6-7H2,1-2H3. The summed E-state index contributed by atoms with van der Waals surface area (Å²) in [4.78, 5) is 0. The lowest BCUT2D eigenvalue weighted by molar-refractivity contribution is -0.136. The van der Waals surface area contributed by atoms with Crippen LogP contribution < -0.4 is 10.1 Å². The van der Waals surface area contributed by atoms with Gasteiger partial charge in [0.15, 0.2) is 0 Å². The maximum absolute atomic E-state index is 13.3. The quantitative estimate of drug-likeness (QED) is 0.799. The fourth-order valence-corrected chi connectivity index (χ4v) is 1.90. The highest BCUT2D eigenvalue weighted by Crippen LogP contribution is 2.32. The molecular weight excluding hydrogens is 262 g/mol. The van der Waals surface area contributed by atoms with Crippen LogP contribution in [0.5, 0.6) is 5.75 Å². The van der Waals surface area contributed by atoms with E-state index in [2.05, 4.69) is 5.32 Å². The van der Waals surface area contributed by atoms with Crippen LogP contribution in [0.3, 0.4) is 0 Å². The molecule has 0 spiro atoms. The zero-order valence-corrected chi connectivity index (χ0v) is 10.9. The maximum Gasteiger partial charge on any atom is 0.389 e. The summed E-state index contributed by atoms with van der Waals surface area (Å²) in [6.45, 7) is 2.27. The van der Waals surface area contributed by atoms with Crippen molar-refractivity contribution in [2.75, 3.05) is 13.7 Å². The van der Waals surface area contributed by atoms with Gasteiger partial charge in [-0.1, -0.05) is 6.92 Å². The van der Waals surface area contributed by atoms with Gasteiger partial charge in [-0.2, -0.15) is 13.2 Å². The Labute approximate surface area is 109 Å². The van der Waals surface area contributed by atoms with E-state index in [1.54, 1.807) is 6.92 Å². The van der Waals surface area contributed by atoms with Gasteiger partial charge in [-0.3, -0.25) is 0 Å². The second-order valence-corrected chi connectivity index (χ2v) is 4.15. The molecule has 1 N–H and O–H groups in total. The molecule has 0 radical (unpaired) electrons. The Bertz CT molecular complexity index is 406. The van der Waals surface area contributed by atoms with Crippen molar-refractivity contribution in [1.82, 2.24) is 5.32 Å². The van der Waals surface area contributed by atoms with Gasteiger partial charge in [0.1, 0.15) is 11.6 Å². The first kappa shape index (κ1) is 15.8. The molecule has 1 rings (SSSR count). The lowest BCUT2D eigenvalue weighted by atomic mass is 10.0. The van der Waals surface area contributed by atoms with Crippen LogP contribution in [0.4, 0.5) is 17.6 Å². The van der Waals surface area contributed by atoms with Crippen molar-refractivity contribution in [2.45, 2.75) is 32.0 Å². The third kappa shape index (κ3) is 5.06. The summed E-state index contributed by atoms with van der Waals surface area (Å²) in [5.41, 5.74) is 0.411. The number of ether oxygens (including phenoxy) is 1. The van der Waals surface area contributed by atoms with Gasteiger partial charge in [-0.05, 0) is 31.2 Å². The number of alkyl halides is 3. The number of nitrogens with one attached hydrogen (secondary N) is 1. The molecule has 1 unspecified atom stereocenters. The van der Waals surface area contributed by atoms with Gasteiger partial charge in [-0.15, -0.1) is 0 Å². The Morgan fingerprint density at radius 3 is 2.53 bits per heavy atom. The molecule has 0 aliphatic rings. The van der Waals surface area contributed by atoms with Crippen LogP contribution in [0, 0.1) is 5.82 Å². The normalized spacial score (nSPS) is 13.4. The molecule has 1 aromatic carbocycles. The first-order valence-electron chi connectivity index (χ1n) is 6.01. The van der Waals surface area contributed by atoms with Crippen molar-refractivity contribution in [1.29, 1.82) is 0 Å². The van der Waals surface area contributed by atoms with Crippen LogP contribution in [0.1, 0.15) is 31.4 Å². The van der Waals surface area contributed by atoms with Gasteiger partial charge in [0.25, 0.3) is 0 Å². The molecule has 0 bridgehead atoms. The monoisotopic (exact) mass is 279 g/mol. The first-order valence-corrected chi connectivity index (χ1v) is 6.01. The van der Waals surface area contributed by atoms with Gasteiger partial charge in [0, 0.05) is 18.0 Å². The van der Waals surface area contributed by atoms with Gasteiger partial charge in [0.05, 0.1) is 7.11 Å². The fourth-order valence-electron chi connectivity index (χ4n) is 1.90. The molecule has 108 valence electrons. The number of hydrogen-bond donors (Lipinski definition) is 1. The lowest BCUT2D eigenvalue weighted by Crippen LogP contribution is -2.23. The van der Waals surface area contributed by atoms with E-state index in [0.29, 0.717) is 17.9 Å². The van der Waals surface area contributed by atoms with E-state index in [4.69, 9.17) is 4.74 Å².